The van der Waals surface area contributed by atoms with Crippen molar-refractivity contribution in [3.8, 4) is 0 Å². The first-order valence-electron chi connectivity index (χ1n) is 8.99. The van der Waals surface area contributed by atoms with Crippen molar-refractivity contribution in [2.75, 3.05) is 26.2 Å². The van der Waals surface area contributed by atoms with Crippen molar-refractivity contribution < 1.29 is 18.1 Å². The second kappa shape index (κ2) is 7.17. The molecule has 0 spiro atoms. The minimum atomic E-state index is -3.87. The maximum absolute atomic E-state index is 13.0. The van der Waals surface area contributed by atoms with E-state index in [1.54, 1.807) is 11.8 Å². The van der Waals surface area contributed by atoms with Crippen LogP contribution in [0.5, 0.6) is 0 Å². The van der Waals surface area contributed by atoms with Crippen LogP contribution in [0.25, 0.3) is 0 Å². The van der Waals surface area contributed by atoms with Crippen molar-refractivity contribution in [2.24, 2.45) is 5.73 Å². The molecule has 1 aliphatic carbocycles. The highest BCUT2D eigenvalue weighted by atomic mass is 32.2. The van der Waals surface area contributed by atoms with Gasteiger partial charge in [0.05, 0.1) is 15.4 Å². The fraction of sp³-hybridized carbons (Fsp3) is 0.588. The summed E-state index contributed by atoms with van der Waals surface area (Å²) in [6.45, 7) is 2.43. The molecule has 0 unspecified atom stereocenters. The average Bonchev–Trinajstić information content (AvgIpc) is 3.09. The number of benzene rings is 1. The summed E-state index contributed by atoms with van der Waals surface area (Å²) in [6, 6.07) is 3.81. The summed E-state index contributed by atoms with van der Waals surface area (Å²) in [6.07, 6.45) is 3.19. The molecule has 1 aliphatic heterocycles. The van der Waals surface area contributed by atoms with E-state index in [4.69, 9.17) is 5.73 Å². The van der Waals surface area contributed by atoms with Gasteiger partial charge in [-0.25, -0.2) is 8.42 Å². The second-order valence-corrected chi connectivity index (χ2v) is 9.17. The normalized spacial score (nSPS) is 20.6. The number of nitrogens with two attached hydrogens (primary N) is 1. The van der Waals surface area contributed by atoms with E-state index >= 15 is 0 Å². The number of carbonyl (C=O) groups is 1. The highest BCUT2D eigenvalue weighted by Crippen LogP contribution is 2.30. The lowest BCUT2D eigenvalue weighted by Crippen LogP contribution is -2.59. The van der Waals surface area contributed by atoms with Crippen LogP contribution < -0.4 is 5.73 Å². The van der Waals surface area contributed by atoms with E-state index in [-0.39, 0.29) is 42.7 Å². The summed E-state index contributed by atoms with van der Waals surface area (Å²) in [7, 11) is -3.87. The first kappa shape index (κ1) is 19.7. The zero-order chi connectivity index (χ0) is 19.8. The molecule has 1 aromatic rings. The van der Waals surface area contributed by atoms with Crippen molar-refractivity contribution in [1.29, 1.82) is 0 Å². The van der Waals surface area contributed by atoms with E-state index in [0.29, 0.717) is 18.4 Å². The van der Waals surface area contributed by atoms with Crippen LogP contribution in [0.3, 0.4) is 0 Å². The maximum Gasteiger partial charge on any atom is 0.270 e. The molecule has 0 bridgehead atoms. The van der Waals surface area contributed by atoms with Crippen LogP contribution in [-0.4, -0.2) is 60.2 Å². The molecule has 2 aliphatic rings. The molecule has 1 amide bonds. The highest BCUT2D eigenvalue weighted by Gasteiger charge is 2.41. The molecule has 3 rings (SSSR count). The second-order valence-electron chi connectivity index (χ2n) is 7.27. The van der Waals surface area contributed by atoms with Gasteiger partial charge in [0.1, 0.15) is 0 Å². The molecular formula is C17H24N4O5S. The Bertz CT molecular complexity index is 856. The Morgan fingerprint density at radius 1 is 1.19 bits per heavy atom. The fourth-order valence-electron chi connectivity index (χ4n) is 3.79. The molecule has 27 heavy (non-hydrogen) atoms. The van der Waals surface area contributed by atoms with E-state index in [9.17, 15) is 23.3 Å². The number of hydrogen-bond donors (Lipinski definition) is 1. The molecule has 10 heteroatoms. The van der Waals surface area contributed by atoms with Crippen LogP contribution >= 0.6 is 0 Å². The maximum atomic E-state index is 13.0. The predicted molar refractivity (Wildman–Crippen MR) is 98.6 cm³/mol. The number of amides is 1. The van der Waals surface area contributed by atoms with E-state index in [0.717, 1.165) is 18.9 Å². The van der Waals surface area contributed by atoms with E-state index < -0.39 is 20.5 Å². The zero-order valence-corrected chi connectivity index (χ0v) is 16.1. The van der Waals surface area contributed by atoms with Gasteiger partial charge < -0.3 is 10.6 Å². The minimum absolute atomic E-state index is 0.0671. The first-order valence-corrected chi connectivity index (χ1v) is 10.4. The highest BCUT2D eigenvalue weighted by molar-refractivity contribution is 7.89. The van der Waals surface area contributed by atoms with Crippen LogP contribution in [0.1, 0.15) is 31.2 Å². The van der Waals surface area contributed by atoms with Crippen LogP contribution in [0.2, 0.25) is 0 Å². The molecule has 2 N–H and O–H groups in total. The molecule has 1 saturated heterocycles. The standard InChI is InChI=1S/C17H24N4O5S/c1-13-4-5-14(21(23)24)12-15(13)27(25,26)20-10-8-19(9-11-20)16(22)17(18)6-2-3-7-17/h4-5,12H,2-3,6-11,18H2,1H3. The Labute approximate surface area is 158 Å². The molecule has 0 radical (unpaired) electrons. The van der Waals surface area contributed by atoms with E-state index in [2.05, 4.69) is 0 Å². The Kier molecular flexibility index (Phi) is 5.24. The van der Waals surface area contributed by atoms with E-state index in [1.165, 1.54) is 16.4 Å². The Balaban J connectivity index is 1.74. The molecular weight excluding hydrogens is 372 g/mol. The summed E-state index contributed by atoms with van der Waals surface area (Å²) in [5.74, 6) is -0.108. The number of piperazine rings is 1. The van der Waals surface area contributed by atoms with Gasteiger partial charge in [0.25, 0.3) is 5.69 Å². The number of nitro groups is 1. The minimum Gasteiger partial charge on any atom is -0.338 e. The summed E-state index contributed by atoms with van der Waals surface area (Å²) >= 11 is 0. The lowest BCUT2D eigenvalue weighted by Gasteiger charge is -2.38. The molecule has 0 atom stereocenters. The van der Waals surface area contributed by atoms with Crippen LogP contribution in [-0.2, 0) is 14.8 Å². The average molecular weight is 396 g/mol. The summed E-state index contributed by atoms with van der Waals surface area (Å²) < 4.78 is 27.2. The number of sulfonamides is 1. The van der Waals surface area contributed by atoms with Crippen molar-refractivity contribution in [1.82, 2.24) is 9.21 Å². The first-order chi connectivity index (χ1) is 12.6. The molecule has 1 heterocycles. The molecule has 0 aromatic heterocycles. The van der Waals surface area contributed by atoms with Gasteiger partial charge in [0.15, 0.2) is 0 Å². The van der Waals surface area contributed by atoms with Gasteiger partial charge in [0.2, 0.25) is 15.9 Å². The Hall–Kier alpha value is -2.04. The monoisotopic (exact) mass is 396 g/mol. The van der Waals surface area contributed by atoms with Crippen molar-refractivity contribution in [3.63, 3.8) is 0 Å². The van der Waals surface area contributed by atoms with E-state index in [1.807, 2.05) is 0 Å². The summed E-state index contributed by atoms with van der Waals surface area (Å²) in [4.78, 5) is 24.6. The lowest BCUT2D eigenvalue weighted by atomic mass is 9.97. The third-order valence-corrected chi connectivity index (χ3v) is 7.49. The third kappa shape index (κ3) is 3.69. The van der Waals surface area contributed by atoms with Crippen molar-refractivity contribution in [3.05, 3.63) is 33.9 Å². The number of hydrogen-bond acceptors (Lipinski definition) is 6. The SMILES string of the molecule is Cc1ccc([N+](=O)[O-])cc1S(=O)(=O)N1CCN(C(=O)C2(N)CCCC2)CC1. The van der Waals surface area contributed by atoms with Crippen LogP contribution in [0.15, 0.2) is 23.1 Å². The van der Waals surface area contributed by atoms with Crippen molar-refractivity contribution >= 4 is 21.6 Å². The topological polar surface area (TPSA) is 127 Å². The molecule has 9 nitrogen and oxygen atoms in total. The molecule has 2 fully saturated rings. The zero-order valence-electron chi connectivity index (χ0n) is 15.3. The van der Waals surface area contributed by atoms with Gasteiger partial charge in [-0.05, 0) is 25.3 Å². The van der Waals surface area contributed by atoms with Gasteiger partial charge in [-0.3, -0.25) is 14.9 Å². The smallest absolute Gasteiger partial charge is 0.270 e. The molecule has 1 aromatic carbocycles. The van der Waals surface area contributed by atoms with Gasteiger partial charge in [-0.2, -0.15) is 4.31 Å². The van der Waals surface area contributed by atoms with Gasteiger partial charge >= 0.3 is 0 Å². The lowest BCUT2D eigenvalue weighted by molar-refractivity contribution is -0.385. The number of non-ortho nitro benzene ring substituents is 1. The number of nitrogens with zero attached hydrogens (tertiary/aromatic N) is 3. The quantitative estimate of drug-likeness (QED) is 0.598. The number of aryl methyl sites for hydroxylation is 1. The third-order valence-electron chi connectivity index (χ3n) is 5.45. The Morgan fingerprint density at radius 3 is 2.33 bits per heavy atom. The van der Waals surface area contributed by atoms with Crippen molar-refractivity contribution in [2.45, 2.75) is 43.0 Å². The fourth-order valence-corrected chi connectivity index (χ4v) is 5.45. The Morgan fingerprint density at radius 2 is 1.78 bits per heavy atom. The van der Waals surface area contributed by atoms with Gasteiger partial charge in [0, 0.05) is 38.3 Å². The predicted octanol–water partition coefficient (Wildman–Crippen LogP) is 1.01. The van der Waals surface area contributed by atoms with Gasteiger partial charge in [-0.1, -0.05) is 18.9 Å². The van der Waals surface area contributed by atoms with Gasteiger partial charge in [-0.15, -0.1) is 0 Å². The summed E-state index contributed by atoms with van der Waals surface area (Å²) in [5, 5.41) is 11.0. The number of rotatable bonds is 4. The number of carbonyl (C=O) groups excluding carboxylic acids is 1. The molecule has 1 saturated carbocycles. The van der Waals surface area contributed by atoms with Crippen LogP contribution in [0.4, 0.5) is 5.69 Å². The molecule has 148 valence electrons. The van der Waals surface area contributed by atoms with Crippen LogP contribution in [0, 0.1) is 17.0 Å². The summed E-state index contributed by atoms with van der Waals surface area (Å²) in [5.41, 5.74) is 5.59. The largest absolute Gasteiger partial charge is 0.338 e. The number of nitro benzene ring substituents is 1.